The number of rotatable bonds is 3. The Morgan fingerprint density at radius 2 is 1.90 bits per heavy atom. The summed E-state index contributed by atoms with van der Waals surface area (Å²) < 4.78 is 15.6. The largest absolute Gasteiger partial charge is 0.320 e. The van der Waals surface area contributed by atoms with Crippen molar-refractivity contribution in [2.45, 2.75) is 6.04 Å². The van der Waals surface area contributed by atoms with Crippen LogP contribution in [0.2, 0.25) is 5.02 Å². The van der Waals surface area contributed by atoms with E-state index in [0.29, 0.717) is 10.6 Å². The quantitative estimate of drug-likeness (QED) is 0.801. The minimum absolute atomic E-state index is 0.350. The molecule has 0 amide bonds. The van der Waals surface area contributed by atoms with Gasteiger partial charge in [0.15, 0.2) is 0 Å². The Morgan fingerprint density at radius 3 is 2.62 bits per heavy atom. The molecule has 3 rings (SSSR count). The van der Waals surface area contributed by atoms with Crippen molar-refractivity contribution in [3.63, 3.8) is 0 Å². The summed E-state index contributed by atoms with van der Waals surface area (Å²) in [7, 11) is 0. The van der Waals surface area contributed by atoms with Gasteiger partial charge >= 0.3 is 0 Å². The van der Waals surface area contributed by atoms with Crippen LogP contribution in [0.4, 0.5) is 4.39 Å². The highest BCUT2D eigenvalue weighted by atomic mass is 35.5. The van der Waals surface area contributed by atoms with E-state index in [1.165, 1.54) is 6.07 Å². The van der Waals surface area contributed by atoms with E-state index < -0.39 is 11.9 Å². The lowest BCUT2D eigenvalue weighted by molar-refractivity contribution is 0.600. The molecule has 5 heteroatoms. The Hall–Kier alpha value is -2.17. The normalized spacial score (nSPS) is 12.3. The molecule has 3 nitrogen and oxygen atoms in total. The summed E-state index contributed by atoms with van der Waals surface area (Å²) in [6.45, 7) is 0. The predicted octanol–water partition coefficient (Wildman–Crippen LogP) is 3.71. The molecule has 0 aliphatic rings. The van der Waals surface area contributed by atoms with E-state index in [1.54, 1.807) is 29.2 Å². The van der Waals surface area contributed by atoms with Crippen molar-refractivity contribution in [2.75, 3.05) is 0 Å². The number of benzene rings is 2. The zero-order chi connectivity index (χ0) is 14.8. The van der Waals surface area contributed by atoms with Gasteiger partial charge in [-0.05, 0) is 24.3 Å². The number of hydrogen-bond donors (Lipinski definition) is 1. The van der Waals surface area contributed by atoms with Crippen LogP contribution < -0.4 is 5.73 Å². The lowest BCUT2D eigenvalue weighted by Gasteiger charge is -2.11. The summed E-state index contributed by atoms with van der Waals surface area (Å²) in [4.78, 5) is 0. The van der Waals surface area contributed by atoms with Gasteiger partial charge in [0.2, 0.25) is 0 Å². The fraction of sp³-hybridized carbons (Fsp3) is 0.0625. The highest BCUT2D eigenvalue weighted by Crippen LogP contribution is 2.24. The number of hydrogen-bond acceptors (Lipinski definition) is 2. The first-order valence-corrected chi connectivity index (χ1v) is 6.83. The van der Waals surface area contributed by atoms with Gasteiger partial charge in [0.05, 0.1) is 17.9 Å². The molecule has 1 atom stereocenters. The Morgan fingerprint density at radius 1 is 1.14 bits per heavy atom. The first-order chi connectivity index (χ1) is 10.1. The van der Waals surface area contributed by atoms with Crippen LogP contribution in [0.1, 0.15) is 17.2 Å². The maximum atomic E-state index is 13.9. The van der Waals surface area contributed by atoms with E-state index in [1.807, 2.05) is 30.3 Å². The molecule has 0 fully saturated rings. The Kier molecular flexibility index (Phi) is 3.73. The molecular weight excluding hydrogens is 289 g/mol. The third kappa shape index (κ3) is 2.82. The molecule has 3 aromatic rings. The van der Waals surface area contributed by atoms with E-state index in [-0.39, 0.29) is 0 Å². The van der Waals surface area contributed by atoms with Crippen LogP contribution >= 0.6 is 11.6 Å². The van der Waals surface area contributed by atoms with Crippen LogP contribution in [0, 0.1) is 5.82 Å². The average Bonchev–Trinajstić information content (AvgIpc) is 2.97. The molecule has 0 spiro atoms. The molecule has 2 N–H and O–H groups in total. The predicted molar refractivity (Wildman–Crippen MR) is 81.0 cm³/mol. The summed E-state index contributed by atoms with van der Waals surface area (Å²) in [5, 5.41) is 4.62. The molecule has 0 aliphatic heterocycles. The highest BCUT2D eigenvalue weighted by Gasteiger charge is 2.16. The standard InChI is InChI=1S/C16H13ClFN3/c17-12-6-7-14(15(18)8-12)16(19)11-9-20-21(10-11)13-4-2-1-3-5-13/h1-10,16H,19H2. The second-order valence-electron chi connectivity index (χ2n) is 4.70. The topological polar surface area (TPSA) is 43.8 Å². The van der Waals surface area contributed by atoms with Gasteiger partial charge in [-0.15, -0.1) is 0 Å². The Balaban J connectivity index is 1.92. The van der Waals surface area contributed by atoms with Gasteiger partial charge in [0, 0.05) is 22.3 Å². The minimum atomic E-state index is -0.584. The molecule has 1 heterocycles. The van der Waals surface area contributed by atoms with Crippen molar-refractivity contribution in [1.82, 2.24) is 9.78 Å². The van der Waals surface area contributed by atoms with E-state index in [9.17, 15) is 4.39 Å². The van der Waals surface area contributed by atoms with Crippen LogP contribution in [0.15, 0.2) is 60.9 Å². The second kappa shape index (κ2) is 5.68. The van der Waals surface area contributed by atoms with Crippen LogP contribution in [0.5, 0.6) is 0 Å². The van der Waals surface area contributed by atoms with Crippen molar-refractivity contribution < 1.29 is 4.39 Å². The van der Waals surface area contributed by atoms with Crippen LogP contribution in [0.25, 0.3) is 5.69 Å². The highest BCUT2D eigenvalue weighted by molar-refractivity contribution is 6.30. The maximum Gasteiger partial charge on any atom is 0.129 e. The summed E-state index contributed by atoms with van der Waals surface area (Å²) in [5.74, 6) is -0.414. The van der Waals surface area contributed by atoms with Crippen LogP contribution in [0.3, 0.4) is 0 Å². The lowest BCUT2D eigenvalue weighted by atomic mass is 10.0. The Labute approximate surface area is 126 Å². The van der Waals surface area contributed by atoms with E-state index >= 15 is 0 Å². The third-order valence-corrected chi connectivity index (χ3v) is 3.52. The molecule has 2 aromatic carbocycles. The number of para-hydroxylation sites is 1. The summed E-state index contributed by atoms with van der Waals surface area (Å²) in [6.07, 6.45) is 3.44. The summed E-state index contributed by atoms with van der Waals surface area (Å²) in [6, 6.07) is 13.6. The summed E-state index contributed by atoms with van der Waals surface area (Å²) >= 11 is 5.75. The fourth-order valence-corrected chi connectivity index (χ4v) is 2.31. The Bertz CT molecular complexity index is 755. The monoisotopic (exact) mass is 301 g/mol. The van der Waals surface area contributed by atoms with Crippen LogP contribution in [-0.4, -0.2) is 9.78 Å². The van der Waals surface area contributed by atoms with Crippen molar-refractivity contribution in [3.8, 4) is 5.69 Å². The molecule has 0 aliphatic carbocycles. The van der Waals surface area contributed by atoms with Gasteiger partial charge in [0.1, 0.15) is 5.82 Å². The molecule has 1 unspecified atom stereocenters. The number of halogens is 2. The second-order valence-corrected chi connectivity index (χ2v) is 5.13. The molecule has 106 valence electrons. The number of nitrogens with zero attached hydrogens (tertiary/aromatic N) is 2. The first-order valence-electron chi connectivity index (χ1n) is 6.45. The van der Waals surface area contributed by atoms with Crippen molar-refractivity contribution in [2.24, 2.45) is 5.73 Å². The molecule has 0 saturated carbocycles. The zero-order valence-electron chi connectivity index (χ0n) is 11.1. The fourth-order valence-electron chi connectivity index (χ4n) is 2.15. The lowest BCUT2D eigenvalue weighted by Crippen LogP contribution is -2.13. The first kappa shape index (κ1) is 13.8. The van der Waals surface area contributed by atoms with Gasteiger partial charge in [-0.1, -0.05) is 35.9 Å². The molecule has 21 heavy (non-hydrogen) atoms. The maximum absolute atomic E-state index is 13.9. The van der Waals surface area contributed by atoms with Gasteiger partial charge in [-0.2, -0.15) is 5.10 Å². The molecule has 0 saturated heterocycles. The average molecular weight is 302 g/mol. The third-order valence-electron chi connectivity index (χ3n) is 3.28. The van der Waals surface area contributed by atoms with Gasteiger partial charge in [-0.3, -0.25) is 0 Å². The van der Waals surface area contributed by atoms with E-state index in [0.717, 1.165) is 11.3 Å². The van der Waals surface area contributed by atoms with Crippen LogP contribution in [-0.2, 0) is 0 Å². The van der Waals surface area contributed by atoms with Crippen molar-refractivity contribution >= 4 is 11.6 Å². The molecule has 0 bridgehead atoms. The van der Waals surface area contributed by atoms with Gasteiger partial charge < -0.3 is 5.73 Å². The van der Waals surface area contributed by atoms with E-state index in [4.69, 9.17) is 17.3 Å². The van der Waals surface area contributed by atoms with E-state index in [2.05, 4.69) is 5.10 Å². The molecule has 0 radical (unpaired) electrons. The van der Waals surface area contributed by atoms with Crippen molar-refractivity contribution in [3.05, 3.63) is 82.9 Å². The number of aromatic nitrogens is 2. The number of nitrogens with two attached hydrogens (primary N) is 1. The van der Waals surface area contributed by atoms with Gasteiger partial charge in [-0.25, -0.2) is 9.07 Å². The molecular formula is C16H13ClFN3. The summed E-state index contributed by atoms with van der Waals surface area (Å²) in [5.41, 5.74) is 8.18. The smallest absolute Gasteiger partial charge is 0.129 e. The minimum Gasteiger partial charge on any atom is -0.320 e. The SMILES string of the molecule is NC(c1cnn(-c2ccccc2)c1)c1ccc(Cl)cc1F. The van der Waals surface area contributed by atoms with Crippen molar-refractivity contribution in [1.29, 1.82) is 0 Å². The molecule has 1 aromatic heterocycles. The van der Waals surface area contributed by atoms with Gasteiger partial charge in [0.25, 0.3) is 0 Å². The zero-order valence-corrected chi connectivity index (χ0v) is 11.8.